The molecule has 4 rings (SSSR count). The van der Waals surface area contributed by atoms with Crippen LogP contribution in [0, 0.1) is 6.10 Å². The molecular formula is C24H23OSi. The highest BCUT2D eigenvalue weighted by molar-refractivity contribution is 7.07. The lowest BCUT2D eigenvalue weighted by atomic mass is 10.3. The van der Waals surface area contributed by atoms with Gasteiger partial charge in [0.05, 0.1) is 0 Å². The predicted molar refractivity (Wildman–Crippen MR) is 111 cm³/mol. The highest BCUT2D eigenvalue weighted by atomic mass is 28.4. The second-order valence-corrected chi connectivity index (χ2v) is 10.1. The molecule has 1 aliphatic carbocycles. The number of hydrogen-bond donors (Lipinski definition) is 0. The van der Waals surface area contributed by atoms with Crippen LogP contribution in [0.25, 0.3) is 0 Å². The van der Waals surface area contributed by atoms with Gasteiger partial charge < -0.3 is 4.43 Å². The Balaban J connectivity index is 1.94. The lowest BCUT2D eigenvalue weighted by Crippen LogP contribution is -2.69. The third kappa shape index (κ3) is 3.18. The van der Waals surface area contributed by atoms with Gasteiger partial charge in [0.25, 0.3) is 8.32 Å². The summed E-state index contributed by atoms with van der Waals surface area (Å²) in [7, 11) is -2.60. The summed E-state index contributed by atoms with van der Waals surface area (Å²) in [5, 5.41) is 3.84. The molecule has 0 atom stereocenters. The van der Waals surface area contributed by atoms with Crippen molar-refractivity contribution in [3.05, 3.63) is 109 Å². The first kappa shape index (κ1) is 17.0. The standard InChI is InChI=1S/C24H23OSi/c1-20-17-18-21(19-20)25-26(22-11-5-2-6-12-22,23-13-7-3-8-14-23)24-15-9-4-10-16-24/h2-16,19H,17-18H2,1H3. The van der Waals surface area contributed by atoms with Crippen molar-refractivity contribution < 1.29 is 4.43 Å². The van der Waals surface area contributed by atoms with Crippen LogP contribution in [0.4, 0.5) is 0 Å². The first-order chi connectivity index (χ1) is 12.8. The Hall–Kier alpha value is -2.42. The Kier molecular flexibility index (Phi) is 4.87. The van der Waals surface area contributed by atoms with E-state index >= 15 is 0 Å². The number of allylic oxidation sites excluding steroid dienone is 1. The van der Waals surface area contributed by atoms with Crippen LogP contribution in [0.5, 0.6) is 0 Å². The molecule has 3 aromatic rings. The molecule has 0 N–H and O–H groups in total. The summed E-state index contributed by atoms with van der Waals surface area (Å²) in [4.78, 5) is 0. The van der Waals surface area contributed by atoms with Crippen molar-refractivity contribution in [2.75, 3.05) is 0 Å². The average molecular weight is 356 g/mol. The lowest BCUT2D eigenvalue weighted by molar-refractivity contribution is 0.356. The third-order valence-electron chi connectivity index (χ3n) is 5.00. The van der Waals surface area contributed by atoms with Crippen LogP contribution in [0.3, 0.4) is 0 Å². The molecule has 0 saturated carbocycles. The average Bonchev–Trinajstić information content (AvgIpc) is 3.13. The van der Waals surface area contributed by atoms with Crippen LogP contribution >= 0.6 is 0 Å². The van der Waals surface area contributed by atoms with Gasteiger partial charge in [0.15, 0.2) is 0 Å². The maximum Gasteiger partial charge on any atom is 0.289 e. The van der Waals surface area contributed by atoms with E-state index in [1.165, 1.54) is 21.1 Å². The molecule has 0 aliphatic heterocycles. The van der Waals surface area contributed by atoms with Gasteiger partial charge in [-0.15, -0.1) is 0 Å². The van der Waals surface area contributed by atoms with Gasteiger partial charge in [-0.3, -0.25) is 0 Å². The highest BCUT2D eigenvalue weighted by Gasteiger charge is 2.44. The Morgan fingerprint density at radius 3 is 1.38 bits per heavy atom. The molecule has 129 valence electrons. The molecular weight excluding hydrogens is 332 g/mol. The van der Waals surface area contributed by atoms with Gasteiger partial charge in [-0.1, -0.05) is 103 Å². The summed E-state index contributed by atoms with van der Waals surface area (Å²) in [6.07, 6.45) is 5.44. The van der Waals surface area contributed by atoms with Crippen LogP contribution < -0.4 is 15.6 Å². The Bertz CT molecular complexity index is 775. The molecule has 0 amide bonds. The minimum Gasteiger partial charge on any atom is -0.392 e. The molecule has 26 heavy (non-hydrogen) atoms. The van der Waals surface area contributed by atoms with E-state index in [-0.39, 0.29) is 0 Å². The van der Waals surface area contributed by atoms with E-state index in [0.717, 1.165) is 18.9 Å². The topological polar surface area (TPSA) is 9.23 Å². The first-order valence-electron chi connectivity index (χ1n) is 9.17. The lowest BCUT2D eigenvalue weighted by Gasteiger charge is -2.34. The van der Waals surface area contributed by atoms with E-state index in [2.05, 4.69) is 104 Å². The number of rotatable bonds is 5. The van der Waals surface area contributed by atoms with E-state index < -0.39 is 8.32 Å². The summed E-state index contributed by atoms with van der Waals surface area (Å²) in [5.41, 5.74) is 1.40. The second-order valence-electron chi connectivity index (χ2n) is 6.84. The van der Waals surface area contributed by atoms with Crippen molar-refractivity contribution in [2.45, 2.75) is 19.8 Å². The molecule has 1 aliphatic rings. The van der Waals surface area contributed by atoms with E-state index in [1.54, 1.807) is 0 Å². The second kappa shape index (κ2) is 7.44. The Morgan fingerprint density at radius 1 is 0.615 bits per heavy atom. The molecule has 1 nitrogen and oxygen atoms in total. The summed E-state index contributed by atoms with van der Waals surface area (Å²) in [6.45, 7) is 2.19. The Morgan fingerprint density at radius 2 is 1.04 bits per heavy atom. The van der Waals surface area contributed by atoms with E-state index in [0.29, 0.717) is 0 Å². The van der Waals surface area contributed by atoms with Gasteiger partial charge in [-0.25, -0.2) is 0 Å². The zero-order valence-corrected chi connectivity index (χ0v) is 16.1. The molecule has 0 saturated heterocycles. The fourth-order valence-corrected chi connectivity index (χ4v) is 7.61. The van der Waals surface area contributed by atoms with Crippen LogP contribution in [0.15, 0.2) is 103 Å². The maximum absolute atomic E-state index is 7.01. The minimum atomic E-state index is -2.60. The third-order valence-corrected chi connectivity index (χ3v) is 9.01. The highest BCUT2D eigenvalue weighted by Crippen LogP contribution is 2.29. The van der Waals surface area contributed by atoms with Gasteiger partial charge in [-0.2, -0.15) is 0 Å². The normalized spacial score (nSPS) is 15.0. The van der Waals surface area contributed by atoms with E-state index in [4.69, 9.17) is 4.43 Å². The van der Waals surface area contributed by atoms with E-state index in [1.807, 2.05) is 0 Å². The molecule has 2 heteroatoms. The van der Waals surface area contributed by atoms with Crippen molar-refractivity contribution in [2.24, 2.45) is 0 Å². The van der Waals surface area contributed by atoms with Crippen LogP contribution in [0.1, 0.15) is 19.8 Å². The molecule has 0 fully saturated rings. The monoisotopic (exact) mass is 355 g/mol. The fourth-order valence-electron chi connectivity index (χ4n) is 3.71. The maximum atomic E-state index is 7.01. The molecule has 3 aromatic carbocycles. The number of hydrogen-bond acceptors (Lipinski definition) is 1. The molecule has 0 spiro atoms. The number of benzene rings is 3. The predicted octanol–water partition coefficient (Wildman–Crippen LogP) is 3.94. The zero-order valence-electron chi connectivity index (χ0n) is 15.1. The summed E-state index contributed by atoms with van der Waals surface area (Å²) in [6, 6.07) is 32.3. The zero-order chi connectivity index (χ0) is 17.8. The van der Waals surface area contributed by atoms with Crippen molar-refractivity contribution in [3.63, 3.8) is 0 Å². The summed E-state index contributed by atoms with van der Waals surface area (Å²) < 4.78 is 7.01. The van der Waals surface area contributed by atoms with Crippen molar-refractivity contribution in [1.29, 1.82) is 0 Å². The first-order valence-corrected chi connectivity index (χ1v) is 11.1. The van der Waals surface area contributed by atoms with Crippen LogP contribution in [-0.4, -0.2) is 8.32 Å². The smallest absolute Gasteiger partial charge is 0.289 e. The quantitative estimate of drug-likeness (QED) is 0.497. The molecule has 0 unspecified atom stereocenters. The van der Waals surface area contributed by atoms with Gasteiger partial charge in [-0.05, 0) is 35.3 Å². The van der Waals surface area contributed by atoms with Gasteiger partial charge in [0, 0.05) is 0 Å². The molecule has 1 radical (unpaired) electrons. The van der Waals surface area contributed by atoms with Crippen molar-refractivity contribution in [1.82, 2.24) is 0 Å². The van der Waals surface area contributed by atoms with Gasteiger partial charge in [0.1, 0.15) is 6.10 Å². The van der Waals surface area contributed by atoms with Crippen molar-refractivity contribution >= 4 is 23.9 Å². The van der Waals surface area contributed by atoms with Crippen LogP contribution in [0.2, 0.25) is 0 Å². The fraction of sp³-hybridized carbons (Fsp3) is 0.125. The molecule has 0 heterocycles. The minimum absolute atomic E-state index is 0.993. The van der Waals surface area contributed by atoms with Gasteiger partial charge >= 0.3 is 0 Å². The summed E-state index contributed by atoms with van der Waals surface area (Å²) in [5.74, 6) is 0. The largest absolute Gasteiger partial charge is 0.392 e. The van der Waals surface area contributed by atoms with Crippen molar-refractivity contribution in [3.8, 4) is 0 Å². The Labute approximate surface area is 157 Å². The SMILES string of the molecule is CC1=C[C](O[Si](c2ccccc2)(c2ccccc2)c2ccccc2)CC1. The molecule has 0 bridgehead atoms. The summed E-state index contributed by atoms with van der Waals surface area (Å²) >= 11 is 0. The molecule has 0 aromatic heterocycles. The van der Waals surface area contributed by atoms with Crippen LogP contribution in [-0.2, 0) is 4.43 Å². The van der Waals surface area contributed by atoms with Gasteiger partial charge in [0.2, 0.25) is 0 Å². The van der Waals surface area contributed by atoms with E-state index in [9.17, 15) is 0 Å².